The Kier molecular flexibility index (Phi) is 6.22. The molecule has 1 aliphatic rings. The van der Waals surface area contributed by atoms with Gasteiger partial charge in [0.15, 0.2) is 0 Å². The third kappa shape index (κ3) is 7.57. The lowest BCUT2D eigenvalue weighted by Gasteiger charge is -2.18. The molecule has 1 fully saturated rings. The molecular weight excluding hydrogens is 233 g/mol. The Hall–Kier alpha value is -0.330. The number of likely N-dealkylation sites (N-methyl/N-ethyl adjacent to an activating group) is 1. The van der Waals surface area contributed by atoms with Crippen LogP contribution in [0.15, 0.2) is 0 Å². The molecule has 0 aromatic carbocycles. The largest absolute Gasteiger partial charge is 0.390 e. The third-order valence-electron chi connectivity index (χ3n) is 2.90. The van der Waals surface area contributed by atoms with Crippen molar-refractivity contribution in [3.8, 4) is 0 Å². The molecule has 1 saturated heterocycles. The van der Waals surface area contributed by atoms with Crippen LogP contribution in [0.3, 0.4) is 0 Å². The van der Waals surface area contributed by atoms with Gasteiger partial charge in [-0.05, 0) is 19.4 Å². The summed E-state index contributed by atoms with van der Waals surface area (Å²) in [4.78, 5) is 1.70. The fraction of sp³-hybridized carbons (Fsp3) is 1.00. The molecular formula is C11H21F3N2O. The average Bonchev–Trinajstić information content (AvgIpc) is 2.73. The molecule has 0 bridgehead atoms. The van der Waals surface area contributed by atoms with Crippen LogP contribution in [-0.2, 0) is 4.74 Å². The highest BCUT2D eigenvalue weighted by molar-refractivity contribution is 4.67. The number of hydrogen-bond acceptors (Lipinski definition) is 3. The van der Waals surface area contributed by atoms with Crippen LogP contribution in [0.2, 0.25) is 0 Å². The van der Waals surface area contributed by atoms with Crippen LogP contribution >= 0.6 is 0 Å². The lowest BCUT2D eigenvalue weighted by atomic mass is 10.1. The molecule has 0 radical (unpaired) electrons. The molecule has 0 aromatic rings. The lowest BCUT2D eigenvalue weighted by Crippen LogP contribution is -2.33. The van der Waals surface area contributed by atoms with Gasteiger partial charge in [-0.15, -0.1) is 0 Å². The van der Waals surface area contributed by atoms with Gasteiger partial charge in [-0.2, -0.15) is 13.2 Å². The highest BCUT2D eigenvalue weighted by Crippen LogP contribution is 2.19. The van der Waals surface area contributed by atoms with Gasteiger partial charge in [-0.25, -0.2) is 0 Å². The zero-order valence-electron chi connectivity index (χ0n) is 10.2. The second kappa shape index (κ2) is 7.18. The molecule has 1 aliphatic heterocycles. The second-order valence-electron chi connectivity index (χ2n) is 4.60. The number of nitrogens with zero attached hydrogens (tertiary/aromatic N) is 1. The quantitative estimate of drug-likeness (QED) is 0.697. The zero-order chi connectivity index (χ0) is 12.7. The van der Waals surface area contributed by atoms with E-state index in [0.717, 1.165) is 32.7 Å². The molecule has 3 nitrogen and oxygen atoms in total. The predicted molar refractivity (Wildman–Crippen MR) is 60.0 cm³/mol. The van der Waals surface area contributed by atoms with E-state index in [-0.39, 0.29) is 6.54 Å². The van der Waals surface area contributed by atoms with Crippen LogP contribution in [0.25, 0.3) is 0 Å². The van der Waals surface area contributed by atoms with E-state index in [9.17, 15) is 13.2 Å². The zero-order valence-corrected chi connectivity index (χ0v) is 10.2. The second-order valence-corrected chi connectivity index (χ2v) is 4.60. The maximum Gasteiger partial charge on any atom is 0.390 e. The van der Waals surface area contributed by atoms with Crippen LogP contribution in [0.1, 0.15) is 12.8 Å². The molecule has 6 heteroatoms. The van der Waals surface area contributed by atoms with E-state index in [1.807, 2.05) is 0 Å². The molecule has 0 saturated carbocycles. The van der Waals surface area contributed by atoms with Crippen LogP contribution in [0.5, 0.6) is 0 Å². The number of ether oxygens (including phenoxy) is 1. The molecule has 0 aliphatic carbocycles. The Labute approximate surface area is 100 Å². The van der Waals surface area contributed by atoms with E-state index in [1.165, 1.54) is 0 Å². The summed E-state index contributed by atoms with van der Waals surface area (Å²) in [5, 5.41) is 3.25. The minimum atomic E-state index is -4.05. The van der Waals surface area contributed by atoms with Crippen molar-refractivity contribution in [2.24, 2.45) is 5.92 Å². The van der Waals surface area contributed by atoms with Crippen molar-refractivity contribution in [1.29, 1.82) is 0 Å². The smallest absolute Gasteiger partial charge is 0.381 e. The van der Waals surface area contributed by atoms with Crippen LogP contribution in [0, 0.1) is 5.92 Å². The summed E-state index contributed by atoms with van der Waals surface area (Å²) in [6.07, 6.45) is -3.71. The molecule has 102 valence electrons. The van der Waals surface area contributed by atoms with E-state index >= 15 is 0 Å². The van der Waals surface area contributed by atoms with Gasteiger partial charge in [0.2, 0.25) is 0 Å². The topological polar surface area (TPSA) is 24.5 Å². The summed E-state index contributed by atoms with van der Waals surface area (Å²) in [5.74, 6) is 0.565. The molecule has 17 heavy (non-hydrogen) atoms. The first kappa shape index (κ1) is 14.7. The van der Waals surface area contributed by atoms with Crippen molar-refractivity contribution < 1.29 is 17.9 Å². The van der Waals surface area contributed by atoms with Crippen molar-refractivity contribution in [3.63, 3.8) is 0 Å². The summed E-state index contributed by atoms with van der Waals surface area (Å²) in [5.41, 5.74) is 0. The minimum absolute atomic E-state index is 0.0672. The Bertz CT molecular complexity index is 205. The van der Waals surface area contributed by atoms with E-state index in [0.29, 0.717) is 12.5 Å². The molecule has 1 N–H and O–H groups in total. The predicted octanol–water partition coefficient (Wildman–Crippen LogP) is 1.50. The molecule has 0 amide bonds. The first-order valence-electron chi connectivity index (χ1n) is 6.01. The van der Waals surface area contributed by atoms with Crippen molar-refractivity contribution in [1.82, 2.24) is 10.2 Å². The van der Waals surface area contributed by atoms with Crippen molar-refractivity contribution in [2.45, 2.75) is 19.0 Å². The maximum atomic E-state index is 12.0. The fourth-order valence-electron chi connectivity index (χ4n) is 1.75. The fourth-order valence-corrected chi connectivity index (χ4v) is 1.75. The van der Waals surface area contributed by atoms with Gasteiger partial charge in [0.25, 0.3) is 0 Å². The van der Waals surface area contributed by atoms with Crippen molar-refractivity contribution in [2.75, 3.05) is 46.4 Å². The SMILES string of the molecule is CN(CCNCC1CCOC1)CCC(F)(F)F. The van der Waals surface area contributed by atoms with E-state index in [2.05, 4.69) is 5.32 Å². The molecule has 0 spiro atoms. The normalized spacial score (nSPS) is 21.4. The summed E-state index contributed by atoms with van der Waals surface area (Å²) >= 11 is 0. The Balaban J connectivity index is 1.94. The molecule has 1 heterocycles. The number of halogens is 3. The van der Waals surface area contributed by atoms with Crippen LogP contribution < -0.4 is 5.32 Å². The van der Waals surface area contributed by atoms with Gasteiger partial charge in [-0.3, -0.25) is 0 Å². The van der Waals surface area contributed by atoms with Gasteiger partial charge in [0.1, 0.15) is 0 Å². The average molecular weight is 254 g/mol. The monoisotopic (exact) mass is 254 g/mol. The maximum absolute atomic E-state index is 12.0. The van der Waals surface area contributed by atoms with Gasteiger partial charge in [-0.1, -0.05) is 0 Å². The first-order valence-corrected chi connectivity index (χ1v) is 6.01. The van der Waals surface area contributed by atoms with Gasteiger partial charge < -0.3 is 15.0 Å². The molecule has 1 atom stereocenters. The van der Waals surface area contributed by atoms with Gasteiger partial charge in [0.05, 0.1) is 13.0 Å². The van der Waals surface area contributed by atoms with Crippen LogP contribution in [-0.4, -0.2) is 57.5 Å². The van der Waals surface area contributed by atoms with E-state index in [1.54, 1.807) is 11.9 Å². The number of hydrogen-bond donors (Lipinski definition) is 1. The highest BCUT2D eigenvalue weighted by atomic mass is 19.4. The van der Waals surface area contributed by atoms with Crippen molar-refractivity contribution >= 4 is 0 Å². The summed E-state index contributed by atoms with van der Waals surface area (Å²) < 4.78 is 41.1. The van der Waals surface area contributed by atoms with Gasteiger partial charge >= 0.3 is 6.18 Å². The highest BCUT2D eigenvalue weighted by Gasteiger charge is 2.26. The lowest BCUT2D eigenvalue weighted by molar-refractivity contribution is -0.137. The van der Waals surface area contributed by atoms with E-state index < -0.39 is 12.6 Å². The molecule has 0 aromatic heterocycles. The summed E-state index contributed by atoms with van der Waals surface area (Å²) in [6, 6.07) is 0. The molecule has 1 rings (SSSR count). The standard InChI is InChI=1S/C11H21F3N2O/c1-16(5-3-11(12,13)14)6-4-15-8-10-2-7-17-9-10/h10,15H,2-9H2,1H3. The van der Waals surface area contributed by atoms with Crippen molar-refractivity contribution in [3.05, 3.63) is 0 Å². The number of nitrogens with one attached hydrogen (secondary N) is 1. The Morgan fingerprint density at radius 1 is 1.35 bits per heavy atom. The number of rotatable bonds is 7. The number of alkyl halides is 3. The van der Waals surface area contributed by atoms with Crippen LogP contribution in [0.4, 0.5) is 13.2 Å². The summed E-state index contributed by atoms with van der Waals surface area (Å²) in [6.45, 7) is 3.97. The molecule has 1 unspecified atom stereocenters. The first-order chi connectivity index (χ1) is 7.97. The summed E-state index contributed by atoms with van der Waals surface area (Å²) in [7, 11) is 1.71. The minimum Gasteiger partial charge on any atom is -0.381 e. The van der Waals surface area contributed by atoms with Gasteiger partial charge in [0, 0.05) is 32.8 Å². The van der Waals surface area contributed by atoms with E-state index in [4.69, 9.17) is 4.74 Å². The Morgan fingerprint density at radius 2 is 2.12 bits per heavy atom. The third-order valence-corrected chi connectivity index (χ3v) is 2.90. The Morgan fingerprint density at radius 3 is 2.71 bits per heavy atom.